The number of hydrogen-bond donors (Lipinski definition) is 1. The minimum Gasteiger partial charge on any atom is -0.465 e. The zero-order valence-corrected chi connectivity index (χ0v) is 14.3. The molecule has 0 heterocycles. The third-order valence-electron chi connectivity index (χ3n) is 3.41. The highest BCUT2D eigenvalue weighted by atomic mass is 16.6. The molecule has 1 aromatic rings. The van der Waals surface area contributed by atoms with Crippen LogP contribution in [0.15, 0.2) is 18.2 Å². The summed E-state index contributed by atoms with van der Waals surface area (Å²) in [7, 11) is 0. The van der Waals surface area contributed by atoms with Gasteiger partial charge in [-0.2, -0.15) is 0 Å². The summed E-state index contributed by atoms with van der Waals surface area (Å²) in [6.07, 6.45) is 0.0741. The fraction of sp³-hybridized carbons (Fsp3) is 0.611. The molecule has 1 unspecified atom stereocenters. The van der Waals surface area contributed by atoms with Crippen LogP contribution in [0.1, 0.15) is 70.8 Å². The third kappa shape index (κ3) is 5.16. The van der Waals surface area contributed by atoms with Gasteiger partial charge in [-0.3, -0.25) is 4.79 Å². The van der Waals surface area contributed by atoms with Crippen LogP contribution < -0.4 is 4.74 Å². The van der Waals surface area contributed by atoms with Crippen molar-refractivity contribution in [2.45, 2.75) is 66.6 Å². The Kier molecular flexibility index (Phi) is 5.21. The fourth-order valence-corrected chi connectivity index (χ4v) is 2.94. The molecule has 0 saturated heterocycles. The van der Waals surface area contributed by atoms with Gasteiger partial charge in [-0.25, -0.2) is 0 Å². The van der Waals surface area contributed by atoms with E-state index in [1.54, 1.807) is 6.07 Å². The van der Waals surface area contributed by atoms with Gasteiger partial charge in [0.15, 0.2) is 12.1 Å². The fourth-order valence-electron chi connectivity index (χ4n) is 2.94. The average Bonchev–Trinajstić information content (AvgIpc) is 2.24. The van der Waals surface area contributed by atoms with Crippen LogP contribution in [0.4, 0.5) is 0 Å². The largest absolute Gasteiger partial charge is 0.465 e. The second-order valence-corrected chi connectivity index (χ2v) is 7.61. The molecule has 0 aliphatic carbocycles. The van der Waals surface area contributed by atoms with Gasteiger partial charge in [0.05, 0.1) is 5.56 Å². The summed E-state index contributed by atoms with van der Waals surface area (Å²) in [5, 5.41) is 9.36. The van der Waals surface area contributed by atoms with Crippen molar-refractivity contribution < 1.29 is 14.6 Å². The molecule has 1 aromatic carbocycles. The molecular formula is C18H28O3. The van der Waals surface area contributed by atoms with E-state index in [4.69, 9.17) is 4.74 Å². The van der Waals surface area contributed by atoms with E-state index in [2.05, 4.69) is 34.6 Å². The van der Waals surface area contributed by atoms with Gasteiger partial charge in [-0.05, 0) is 48.8 Å². The van der Waals surface area contributed by atoms with Crippen LogP contribution in [-0.4, -0.2) is 17.2 Å². The number of benzene rings is 1. The number of rotatable bonds is 5. The van der Waals surface area contributed by atoms with Crippen LogP contribution in [0.25, 0.3) is 0 Å². The molecule has 3 heteroatoms. The van der Waals surface area contributed by atoms with Gasteiger partial charge in [0, 0.05) is 0 Å². The molecule has 0 aliphatic heterocycles. The molecular weight excluding hydrogens is 264 g/mol. The molecule has 0 amide bonds. The summed E-state index contributed by atoms with van der Waals surface area (Å²) >= 11 is 0. The summed E-state index contributed by atoms with van der Waals surface area (Å²) in [6.45, 7) is 14.1. The first-order valence-corrected chi connectivity index (χ1v) is 7.42. The highest BCUT2D eigenvalue weighted by Crippen LogP contribution is 2.37. The second kappa shape index (κ2) is 6.18. The summed E-state index contributed by atoms with van der Waals surface area (Å²) in [5.74, 6) is 0.381. The van der Waals surface area contributed by atoms with E-state index in [0.717, 1.165) is 12.0 Å². The molecule has 1 rings (SSSR count). The zero-order valence-electron chi connectivity index (χ0n) is 14.3. The zero-order chi connectivity index (χ0) is 16.4. The van der Waals surface area contributed by atoms with Crippen molar-refractivity contribution >= 4 is 5.78 Å². The first kappa shape index (κ1) is 17.7. The molecule has 1 N–H and O–H groups in total. The Balaban J connectivity index is 3.22. The van der Waals surface area contributed by atoms with Crippen molar-refractivity contribution in [3.8, 4) is 5.75 Å². The maximum absolute atomic E-state index is 11.9. The van der Waals surface area contributed by atoms with Gasteiger partial charge in [0.25, 0.3) is 0 Å². The highest BCUT2D eigenvalue weighted by Gasteiger charge is 2.28. The van der Waals surface area contributed by atoms with E-state index in [1.807, 2.05) is 12.1 Å². The quantitative estimate of drug-likeness (QED) is 0.649. The Morgan fingerprint density at radius 1 is 1.24 bits per heavy atom. The van der Waals surface area contributed by atoms with E-state index in [-0.39, 0.29) is 16.6 Å². The molecule has 3 nitrogen and oxygen atoms in total. The van der Waals surface area contributed by atoms with E-state index in [1.165, 1.54) is 13.8 Å². The monoisotopic (exact) mass is 292 g/mol. The third-order valence-corrected chi connectivity index (χ3v) is 3.41. The molecule has 0 saturated carbocycles. The second-order valence-electron chi connectivity index (χ2n) is 7.61. The van der Waals surface area contributed by atoms with Gasteiger partial charge in [-0.15, -0.1) is 0 Å². The Hall–Kier alpha value is -1.35. The van der Waals surface area contributed by atoms with Crippen LogP contribution in [0, 0.1) is 5.41 Å². The molecule has 0 aliphatic rings. The number of ketones is 1. The van der Waals surface area contributed by atoms with Crippen molar-refractivity contribution in [2.75, 3.05) is 0 Å². The predicted molar refractivity (Wildman–Crippen MR) is 85.9 cm³/mol. The van der Waals surface area contributed by atoms with Gasteiger partial charge in [0.1, 0.15) is 5.75 Å². The SMILES string of the molecule is CC(=O)c1cc(C(C)(C)CC(C)(C)C)ccc1OC(C)O. The lowest BCUT2D eigenvalue weighted by molar-refractivity contribution is -0.000762. The van der Waals surface area contributed by atoms with Crippen molar-refractivity contribution in [3.63, 3.8) is 0 Å². The van der Waals surface area contributed by atoms with E-state index >= 15 is 0 Å². The van der Waals surface area contributed by atoms with Gasteiger partial charge >= 0.3 is 0 Å². The summed E-state index contributed by atoms with van der Waals surface area (Å²) in [6, 6.07) is 5.66. The Bertz CT molecular complexity index is 508. The lowest BCUT2D eigenvalue weighted by atomic mass is 9.72. The van der Waals surface area contributed by atoms with Crippen LogP contribution in [0.5, 0.6) is 5.75 Å². The molecule has 0 aromatic heterocycles. The van der Waals surface area contributed by atoms with E-state index in [0.29, 0.717) is 11.3 Å². The van der Waals surface area contributed by atoms with Crippen molar-refractivity contribution in [3.05, 3.63) is 29.3 Å². The minimum atomic E-state index is -0.934. The number of aliphatic hydroxyl groups is 1. The molecule has 21 heavy (non-hydrogen) atoms. The normalized spacial score (nSPS) is 13.9. The molecule has 1 atom stereocenters. The van der Waals surface area contributed by atoms with Crippen molar-refractivity contribution in [1.29, 1.82) is 0 Å². The first-order valence-electron chi connectivity index (χ1n) is 7.42. The number of hydrogen-bond acceptors (Lipinski definition) is 3. The Morgan fingerprint density at radius 3 is 2.24 bits per heavy atom. The summed E-state index contributed by atoms with van der Waals surface area (Å²) in [5.41, 5.74) is 1.80. The Labute approximate surface area is 128 Å². The topological polar surface area (TPSA) is 46.5 Å². The number of carbonyl (C=O) groups excluding carboxylic acids is 1. The minimum absolute atomic E-state index is 0.0359. The first-order chi connectivity index (χ1) is 9.42. The molecule has 0 fully saturated rings. The molecule has 0 bridgehead atoms. The van der Waals surface area contributed by atoms with Crippen LogP contribution in [-0.2, 0) is 5.41 Å². The maximum atomic E-state index is 11.9. The maximum Gasteiger partial charge on any atom is 0.194 e. The smallest absolute Gasteiger partial charge is 0.194 e. The molecule has 118 valence electrons. The standard InChI is InChI=1S/C18H28O3/c1-12(19)15-10-14(8-9-16(15)21-13(2)20)18(6,7)11-17(3,4)5/h8-10,13,20H,11H2,1-7H3. The number of Topliss-reactive ketones (excluding diaryl/α,β-unsaturated/α-hetero) is 1. The lowest BCUT2D eigenvalue weighted by Crippen LogP contribution is -2.25. The molecule has 0 spiro atoms. The number of aliphatic hydroxyl groups excluding tert-OH is 1. The Morgan fingerprint density at radius 2 is 1.81 bits per heavy atom. The van der Waals surface area contributed by atoms with Gasteiger partial charge in [-0.1, -0.05) is 40.7 Å². The molecule has 0 radical (unpaired) electrons. The summed E-state index contributed by atoms with van der Waals surface area (Å²) in [4.78, 5) is 11.9. The van der Waals surface area contributed by atoms with Crippen LogP contribution >= 0.6 is 0 Å². The number of carbonyl (C=O) groups is 1. The van der Waals surface area contributed by atoms with Gasteiger partial charge < -0.3 is 9.84 Å². The number of ether oxygens (including phenoxy) is 1. The summed E-state index contributed by atoms with van der Waals surface area (Å²) < 4.78 is 5.31. The van der Waals surface area contributed by atoms with Crippen molar-refractivity contribution in [1.82, 2.24) is 0 Å². The van der Waals surface area contributed by atoms with E-state index < -0.39 is 6.29 Å². The average molecular weight is 292 g/mol. The van der Waals surface area contributed by atoms with Crippen LogP contribution in [0.3, 0.4) is 0 Å². The van der Waals surface area contributed by atoms with Crippen LogP contribution in [0.2, 0.25) is 0 Å². The van der Waals surface area contributed by atoms with E-state index in [9.17, 15) is 9.90 Å². The predicted octanol–water partition coefficient (Wildman–Crippen LogP) is 4.32. The lowest BCUT2D eigenvalue weighted by Gasteiger charge is -2.33. The highest BCUT2D eigenvalue weighted by molar-refractivity contribution is 5.97. The van der Waals surface area contributed by atoms with Crippen molar-refractivity contribution in [2.24, 2.45) is 5.41 Å². The van der Waals surface area contributed by atoms with Gasteiger partial charge in [0.2, 0.25) is 0 Å².